The van der Waals surface area contributed by atoms with Crippen molar-refractivity contribution >= 4 is 17.2 Å². The Hall–Kier alpha value is -2.67. The molecule has 1 aliphatic carbocycles. The zero-order chi connectivity index (χ0) is 20.9. The summed E-state index contributed by atoms with van der Waals surface area (Å²) < 4.78 is 11.5. The van der Waals surface area contributed by atoms with Gasteiger partial charge in [0.1, 0.15) is 12.3 Å². The molecule has 7 heteroatoms. The van der Waals surface area contributed by atoms with E-state index in [1.54, 1.807) is 16.2 Å². The Morgan fingerprint density at radius 3 is 2.80 bits per heavy atom. The van der Waals surface area contributed by atoms with E-state index in [1.165, 1.54) is 24.0 Å². The lowest BCUT2D eigenvalue weighted by Gasteiger charge is -2.25. The minimum Gasteiger partial charge on any atom is -0.481 e. The van der Waals surface area contributed by atoms with E-state index in [2.05, 4.69) is 22.3 Å². The van der Waals surface area contributed by atoms with Crippen molar-refractivity contribution in [3.63, 3.8) is 0 Å². The van der Waals surface area contributed by atoms with E-state index in [9.17, 15) is 4.79 Å². The Morgan fingerprint density at radius 1 is 1.23 bits per heavy atom. The number of aromatic nitrogens is 2. The van der Waals surface area contributed by atoms with E-state index in [1.807, 2.05) is 37.4 Å². The van der Waals surface area contributed by atoms with Gasteiger partial charge >= 0.3 is 0 Å². The second kappa shape index (κ2) is 9.43. The first-order valence-electron chi connectivity index (χ1n) is 10.6. The van der Waals surface area contributed by atoms with Crippen molar-refractivity contribution in [2.24, 2.45) is 0 Å². The summed E-state index contributed by atoms with van der Waals surface area (Å²) in [7, 11) is 0. The van der Waals surface area contributed by atoms with Crippen molar-refractivity contribution in [1.82, 2.24) is 15.0 Å². The SMILES string of the molecule is CCC(Oc1ccc2c(c1)CCCC2)C(=O)N(CC)Cc1nc(-c2cccs2)no1. The Kier molecular flexibility index (Phi) is 6.47. The third-order valence-electron chi connectivity index (χ3n) is 5.47. The maximum Gasteiger partial charge on any atom is 0.264 e. The highest BCUT2D eigenvalue weighted by Gasteiger charge is 2.26. The number of carbonyl (C=O) groups excluding carboxylic acids is 1. The summed E-state index contributed by atoms with van der Waals surface area (Å²) in [5.74, 6) is 1.69. The van der Waals surface area contributed by atoms with Crippen LogP contribution in [-0.2, 0) is 24.2 Å². The molecule has 1 amide bonds. The molecular formula is C23H27N3O3S. The van der Waals surface area contributed by atoms with Gasteiger partial charge in [0.25, 0.3) is 5.91 Å². The Bertz CT molecular complexity index is 984. The molecule has 2 aromatic heterocycles. The number of carbonyl (C=O) groups is 1. The van der Waals surface area contributed by atoms with Gasteiger partial charge in [0.2, 0.25) is 11.7 Å². The van der Waals surface area contributed by atoms with Crippen LogP contribution in [0.15, 0.2) is 40.2 Å². The van der Waals surface area contributed by atoms with Crippen LogP contribution in [-0.4, -0.2) is 33.6 Å². The van der Waals surface area contributed by atoms with Crippen molar-refractivity contribution < 1.29 is 14.1 Å². The fraction of sp³-hybridized carbons (Fsp3) is 0.435. The lowest BCUT2D eigenvalue weighted by atomic mass is 9.92. The highest BCUT2D eigenvalue weighted by atomic mass is 32.1. The van der Waals surface area contributed by atoms with Gasteiger partial charge in [-0.25, -0.2) is 0 Å². The van der Waals surface area contributed by atoms with Crippen LogP contribution in [0.2, 0.25) is 0 Å². The highest BCUT2D eigenvalue weighted by molar-refractivity contribution is 7.13. The summed E-state index contributed by atoms with van der Waals surface area (Å²) >= 11 is 1.55. The normalized spacial score (nSPS) is 14.2. The fourth-order valence-electron chi connectivity index (χ4n) is 3.79. The number of hydrogen-bond donors (Lipinski definition) is 0. The van der Waals surface area contributed by atoms with Crippen LogP contribution >= 0.6 is 11.3 Å². The standard InChI is InChI=1S/C23H27N3O3S/c1-3-19(28-18-12-11-16-8-5-6-9-17(16)14-18)23(27)26(4-2)15-21-24-22(25-29-21)20-10-7-13-30-20/h7,10-14,19H,3-6,8-9,15H2,1-2H3. The van der Waals surface area contributed by atoms with Crippen LogP contribution in [0.5, 0.6) is 5.75 Å². The Morgan fingerprint density at radius 2 is 2.07 bits per heavy atom. The molecule has 158 valence electrons. The predicted octanol–water partition coefficient (Wildman–Crippen LogP) is 4.88. The third kappa shape index (κ3) is 4.56. The Labute approximate surface area is 180 Å². The molecule has 1 unspecified atom stereocenters. The molecule has 1 atom stereocenters. The van der Waals surface area contributed by atoms with E-state index < -0.39 is 6.10 Å². The molecule has 30 heavy (non-hydrogen) atoms. The average molecular weight is 426 g/mol. The van der Waals surface area contributed by atoms with Gasteiger partial charge in [-0.3, -0.25) is 4.79 Å². The quantitative estimate of drug-likeness (QED) is 0.514. The molecular weight excluding hydrogens is 398 g/mol. The van der Waals surface area contributed by atoms with Gasteiger partial charge in [-0.15, -0.1) is 11.3 Å². The summed E-state index contributed by atoms with van der Waals surface area (Å²) in [6.07, 6.45) is 4.74. The van der Waals surface area contributed by atoms with Crippen LogP contribution in [0, 0.1) is 0 Å². The number of likely N-dealkylation sites (N-methyl/N-ethyl adjacent to an activating group) is 1. The van der Waals surface area contributed by atoms with Crippen LogP contribution in [0.1, 0.15) is 50.1 Å². The smallest absolute Gasteiger partial charge is 0.264 e. The number of nitrogens with zero attached hydrogens (tertiary/aromatic N) is 3. The van der Waals surface area contributed by atoms with Crippen LogP contribution in [0.25, 0.3) is 10.7 Å². The zero-order valence-electron chi connectivity index (χ0n) is 17.5. The maximum atomic E-state index is 13.2. The van der Waals surface area contributed by atoms with E-state index in [0.717, 1.165) is 23.5 Å². The van der Waals surface area contributed by atoms with Crippen LogP contribution in [0.4, 0.5) is 0 Å². The number of thiophene rings is 1. The summed E-state index contributed by atoms with van der Waals surface area (Å²) in [6.45, 7) is 4.73. The van der Waals surface area contributed by atoms with E-state index >= 15 is 0 Å². The fourth-order valence-corrected chi connectivity index (χ4v) is 4.44. The first kappa shape index (κ1) is 20.6. The van der Waals surface area contributed by atoms with Crippen molar-refractivity contribution in [3.8, 4) is 16.5 Å². The largest absolute Gasteiger partial charge is 0.481 e. The molecule has 6 nitrogen and oxygen atoms in total. The first-order valence-corrected chi connectivity index (χ1v) is 11.5. The first-order chi connectivity index (χ1) is 14.7. The van der Waals surface area contributed by atoms with E-state index in [4.69, 9.17) is 9.26 Å². The van der Waals surface area contributed by atoms with Crippen molar-refractivity contribution in [3.05, 3.63) is 52.7 Å². The molecule has 0 saturated carbocycles. The molecule has 0 saturated heterocycles. The van der Waals surface area contributed by atoms with Gasteiger partial charge in [-0.2, -0.15) is 4.98 Å². The van der Waals surface area contributed by atoms with Gasteiger partial charge in [-0.1, -0.05) is 24.2 Å². The van der Waals surface area contributed by atoms with E-state index in [0.29, 0.717) is 24.7 Å². The van der Waals surface area contributed by atoms with Crippen molar-refractivity contribution in [2.75, 3.05) is 6.54 Å². The average Bonchev–Trinajstić information content (AvgIpc) is 3.47. The second-order valence-corrected chi connectivity index (χ2v) is 8.44. The number of ether oxygens (including phenoxy) is 1. The summed E-state index contributed by atoms with van der Waals surface area (Å²) in [5.41, 5.74) is 2.75. The van der Waals surface area contributed by atoms with Crippen LogP contribution in [0.3, 0.4) is 0 Å². The molecule has 3 aromatic rings. The minimum absolute atomic E-state index is 0.0615. The number of rotatable bonds is 8. The maximum absolute atomic E-state index is 13.2. The summed E-state index contributed by atoms with van der Waals surface area (Å²) in [6, 6.07) is 10.1. The Balaban J connectivity index is 1.43. The number of hydrogen-bond acceptors (Lipinski definition) is 6. The number of fused-ring (bicyclic) bond motifs is 1. The number of benzene rings is 1. The van der Waals surface area contributed by atoms with Gasteiger partial charge in [0, 0.05) is 6.54 Å². The van der Waals surface area contributed by atoms with Crippen molar-refractivity contribution in [2.45, 2.75) is 58.6 Å². The van der Waals surface area contributed by atoms with Gasteiger partial charge in [-0.05, 0) is 73.7 Å². The lowest BCUT2D eigenvalue weighted by Crippen LogP contribution is -2.41. The molecule has 1 aliphatic rings. The molecule has 0 radical (unpaired) electrons. The predicted molar refractivity (Wildman–Crippen MR) is 116 cm³/mol. The number of aryl methyl sites for hydroxylation is 2. The van der Waals surface area contributed by atoms with Gasteiger partial charge < -0.3 is 14.2 Å². The molecule has 4 rings (SSSR count). The number of amides is 1. The molecule has 0 N–H and O–H groups in total. The van der Waals surface area contributed by atoms with Gasteiger partial charge in [0.05, 0.1) is 4.88 Å². The monoisotopic (exact) mass is 425 g/mol. The zero-order valence-corrected chi connectivity index (χ0v) is 18.3. The lowest BCUT2D eigenvalue weighted by molar-refractivity contribution is -0.139. The molecule has 0 fully saturated rings. The molecule has 2 heterocycles. The summed E-state index contributed by atoms with van der Waals surface area (Å²) in [4.78, 5) is 20.2. The molecule has 0 aliphatic heterocycles. The molecule has 0 spiro atoms. The van der Waals surface area contributed by atoms with Crippen LogP contribution < -0.4 is 4.74 Å². The topological polar surface area (TPSA) is 68.5 Å². The van der Waals surface area contributed by atoms with Gasteiger partial charge in [0.15, 0.2) is 6.10 Å². The summed E-state index contributed by atoms with van der Waals surface area (Å²) in [5, 5.41) is 6.00. The molecule has 0 bridgehead atoms. The van der Waals surface area contributed by atoms with Crippen molar-refractivity contribution in [1.29, 1.82) is 0 Å². The second-order valence-electron chi connectivity index (χ2n) is 7.49. The highest BCUT2D eigenvalue weighted by Crippen LogP contribution is 2.27. The third-order valence-corrected chi connectivity index (χ3v) is 6.34. The molecule has 1 aromatic carbocycles. The van der Waals surface area contributed by atoms with E-state index in [-0.39, 0.29) is 12.5 Å². The minimum atomic E-state index is -0.536.